The zero-order valence-corrected chi connectivity index (χ0v) is 16.5. The average Bonchev–Trinajstić information content (AvgIpc) is 3.11. The molecule has 2 aromatic carbocycles. The maximum Gasteiger partial charge on any atom is 0.231 e. The molecule has 3 heterocycles. The van der Waals surface area contributed by atoms with Crippen molar-refractivity contribution in [3.05, 3.63) is 88.9 Å². The number of ketones is 1. The van der Waals surface area contributed by atoms with Crippen molar-refractivity contribution in [1.29, 1.82) is 0 Å². The lowest BCUT2D eigenvalue weighted by molar-refractivity contribution is 0.0861. The molecule has 1 aromatic heterocycles. The van der Waals surface area contributed by atoms with Crippen molar-refractivity contribution in [2.24, 2.45) is 0 Å². The first-order valence-electron chi connectivity index (χ1n) is 9.70. The van der Waals surface area contributed by atoms with Crippen LogP contribution in [0.1, 0.15) is 27.2 Å². The number of ether oxygens (including phenoxy) is 3. The second-order valence-electron chi connectivity index (χ2n) is 7.21. The summed E-state index contributed by atoms with van der Waals surface area (Å²) in [6.07, 6.45) is 3.54. The van der Waals surface area contributed by atoms with Gasteiger partial charge in [0.05, 0.1) is 23.9 Å². The minimum Gasteiger partial charge on any atom is -0.497 e. The number of methoxy groups -OCH3 is 1. The van der Waals surface area contributed by atoms with Crippen LogP contribution in [0.3, 0.4) is 0 Å². The Balaban J connectivity index is 1.41. The standard InChI is InChI=1S/C24H20N2O4/c1-28-18-7-5-16(6-8-18)12-22-23(27)19-9-10-21-20(24(19)30-22)14-26(15-29-21)13-17-4-2-3-11-25-17/h2-12H,13-15H2,1H3. The van der Waals surface area contributed by atoms with E-state index in [4.69, 9.17) is 14.2 Å². The van der Waals surface area contributed by atoms with Crippen LogP contribution in [-0.4, -0.2) is 29.5 Å². The SMILES string of the molecule is COc1ccc(C=C2Oc3c(ccc4c3CN(Cc3ccccn3)CO4)C2=O)cc1. The van der Waals surface area contributed by atoms with Gasteiger partial charge in [-0.15, -0.1) is 0 Å². The number of pyridine rings is 1. The molecule has 0 amide bonds. The highest BCUT2D eigenvalue weighted by molar-refractivity contribution is 6.15. The van der Waals surface area contributed by atoms with Crippen LogP contribution in [0, 0.1) is 0 Å². The van der Waals surface area contributed by atoms with Gasteiger partial charge in [0.25, 0.3) is 0 Å². The van der Waals surface area contributed by atoms with E-state index in [9.17, 15) is 4.79 Å². The zero-order chi connectivity index (χ0) is 20.5. The summed E-state index contributed by atoms with van der Waals surface area (Å²) in [6, 6.07) is 17.0. The molecule has 5 rings (SSSR count). The summed E-state index contributed by atoms with van der Waals surface area (Å²) >= 11 is 0. The average molecular weight is 400 g/mol. The van der Waals surface area contributed by atoms with Crippen molar-refractivity contribution < 1.29 is 19.0 Å². The molecule has 0 aliphatic carbocycles. The predicted octanol–water partition coefficient (Wildman–Crippen LogP) is 4.06. The molecule has 2 aliphatic rings. The summed E-state index contributed by atoms with van der Waals surface area (Å²) in [4.78, 5) is 19.4. The fraction of sp³-hybridized carbons (Fsp3) is 0.167. The molecule has 0 radical (unpaired) electrons. The van der Waals surface area contributed by atoms with Gasteiger partial charge in [-0.3, -0.25) is 14.7 Å². The molecule has 0 unspecified atom stereocenters. The Labute approximate surface area is 174 Å². The first-order valence-corrected chi connectivity index (χ1v) is 9.70. The summed E-state index contributed by atoms with van der Waals surface area (Å²) in [5.74, 6) is 2.29. The Morgan fingerprint density at radius 3 is 2.77 bits per heavy atom. The van der Waals surface area contributed by atoms with Crippen molar-refractivity contribution in [3.63, 3.8) is 0 Å². The van der Waals surface area contributed by atoms with Gasteiger partial charge in [-0.05, 0) is 48.0 Å². The first kappa shape index (κ1) is 18.4. The Hall–Kier alpha value is -3.64. The van der Waals surface area contributed by atoms with E-state index in [1.807, 2.05) is 48.5 Å². The summed E-state index contributed by atoms with van der Waals surface area (Å²) in [6.45, 7) is 1.75. The Bertz CT molecular complexity index is 1120. The van der Waals surface area contributed by atoms with Crippen molar-refractivity contribution in [3.8, 4) is 17.2 Å². The molecule has 6 nitrogen and oxygen atoms in total. The highest BCUT2D eigenvalue weighted by atomic mass is 16.5. The molecular weight excluding hydrogens is 380 g/mol. The van der Waals surface area contributed by atoms with Gasteiger partial charge in [0.15, 0.2) is 5.76 Å². The van der Waals surface area contributed by atoms with E-state index in [0.29, 0.717) is 36.9 Å². The number of nitrogens with zero attached hydrogens (tertiary/aromatic N) is 2. The van der Waals surface area contributed by atoms with Gasteiger partial charge >= 0.3 is 0 Å². The topological polar surface area (TPSA) is 60.9 Å². The number of hydrogen-bond donors (Lipinski definition) is 0. The molecule has 30 heavy (non-hydrogen) atoms. The Kier molecular flexibility index (Phi) is 4.69. The molecule has 0 bridgehead atoms. The van der Waals surface area contributed by atoms with Crippen LogP contribution in [0.25, 0.3) is 6.08 Å². The van der Waals surface area contributed by atoms with Gasteiger partial charge in [0, 0.05) is 19.3 Å². The fourth-order valence-corrected chi connectivity index (χ4v) is 3.68. The maximum atomic E-state index is 12.9. The molecule has 0 spiro atoms. The summed E-state index contributed by atoms with van der Waals surface area (Å²) < 4.78 is 17.1. The molecule has 3 aromatic rings. The van der Waals surface area contributed by atoms with Crippen molar-refractivity contribution in [2.45, 2.75) is 13.1 Å². The number of carbonyl (C=O) groups excluding carboxylic acids is 1. The third-order valence-electron chi connectivity index (χ3n) is 5.21. The van der Waals surface area contributed by atoms with E-state index in [1.54, 1.807) is 25.4 Å². The monoisotopic (exact) mass is 400 g/mol. The van der Waals surface area contributed by atoms with E-state index < -0.39 is 0 Å². The second kappa shape index (κ2) is 7.65. The maximum absolute atomic E-state index is 12.9. The molecule has 0 saturated heterocycles. The van der Waals surface area contributed by atoms with Crippen molar-refractivity contribution in [1.82, 2.24) is 9.88 Å². The fourth-order valence-electron chi connectivity index (χ4n) is 3.68. The van der Waals surface area contributed by atoms with Crippen LogP contribution in [0.4, 0.5) is 0 Å². The van der Waals surface area contributed by atoms with Gasteiger partial charge in [0.2, 0.25) is 5.78 Å². The third-order valence-corrected chi connectivity index (χ3v) is 5.21. The number of rotatable bonds is 4. The Morgan fingerprint density at radius 2 is 2.00 bits per heavy atom. The van der Waals surface area contributed by atoms with E-state index in [2.05, 4.69) is 9.88 Å². The van der Waals surface area contributed by atoms with Crippen LogP contribution < -0.4 is 14.2 Å². The normalized spacial score (nSPS) is 16.6. The minimum absolute atomic E-state index is 0.120. The number of carbonyl (C=O) groups is 1. The lowest BCUT2D eigenvalue weighted by Gasteiger charge is -2.29. The smallest absolute Gasteiger partial charge is 0.231 e. The Morgan fingerprint density at radius 1 is 1.13 bits per heavy atom. The summed E-state index contributed by atoms with van der Waals surface area (Å²) in [5, 5.41) is 0. The third kappa shape index (κ3) is 3.42. The molecule has 2 aliphatic heterocycles. The molecule has 0 fully saturated rings. The van der Waals surface area contributed by atoms with E-state index in [-0.39, 0.29) is 5.78 Å². The van der Waals surface area contributed by atoms with Gasteiger partial charge in [-0.2, -0.15) is 0 Å². The second-order valence-corrected chi connectivity index (χ2v) is 7.21. The summed E-state index contributed by atoms with van der Waals surface area (Å²) in [5.41, 5.74) is 3.29. The number of aromatic nitrogens is 1. The lowest BCUT2D eigenvalue weighted by Crippen LogP contribution is -2.32. The molecular formula is C24H20N2O4. The molecule has 0 atom stereocenters. The number of Topliss-reactive ketones (excluding diaryl/α,β-unsaturated/α-hetero) is 1. The van der Waals surface area contributed by atoms with Gasteiger partial charge in [0.1, 0.15) is 24.0 Å². The number of allylic oxidation sites excluding steroid dienone is 1. The van der Waals surface area contributed by atoms with Crippen LogP contribution in [0.5, 0.6) is 17.2 Å². The lowest BCUT2D eigenvalue weighted by atomic mass is 10.0. The number of fused-ring (bicyclic) bond motifs is 3. The van der Waals surface area contributed by atoms with E-state index in [1.165, 1.54) is 0 Å². The van der Waals surface area contributed by atoms with Gasteiger partial charge in [-0.25, -0.2) is 0 Å². The summed E-state index contributed by atoms with van der Waals surface area (Å²) in [7, 11) is 1.62. The van der Waals surface area contributed by atoms with Crippen molar-refractivity contribution in [2.75, 3.05) is 13.8 Å². The highest BCUT2D eigenvalue weighted by Crippen LogP contribution is 2.42. The van der Waals surface area contributed by atoms with Gasteiger partial charge < -0.3 is 14.2 Å². The quantitative estimate of drug-likeness (QED) is 0.616. The van der Waals surface area contributed by atoms with Crippen LogP contribution in [0.15, 0.2) is 66.6 Å². The van der Waals surface area contributed by atoms with Crippen LogP contribution in [0.2, 0.25) is 0 Å². The molecule has 6 heteroatoms. The predicted molar refractivity (Wildman–Crippen MR) is 111 cm³/mol. The first-order chi connectivity index (χ1) is 14.7. The minimum atomic E-state index is -0.120. The number of hydrogen-bond acceptors (Lipinski definition) is 6. The molecule has 0 N–H and O–H groups in total. The van der Waals surface area contributed by atoms with Crippen LogP contribution in [-0.2, 0) is 13.1 Å². The zero-order valence-electron chi connectivity index (χ0n) is 16.5. The van der Waals surface area contributed by atoms with Gasteiger partial charge in [-0.1, -0.05) is 18.2 Å². The molecule has 0 saturated carbocycles. The highest BCUT2D eigenvalue weighted by Gasteiger charge is 2.33. The van der Waals surface area contributed by atoms with E-state index in [0.717, 1.165) is 28.3 Å². The largest absolute Gasteiger partial charge is 0.497 e. The number of benzene rings is 2. The van der Waals surface area contributed by atoms with Crippen molar-refractivity contribution >= 4 is 11.9 Å². The van der Waals surface area contributed by atoms with E-state index >= 15 is 0 Å². The van der Waals surface area contributed by atoms with Crippen LogP contribution >= 0.6 is 0 Å². The molecule has 150 valence electrons.